The molecule has 0 bridgehead atoms. The van der Waals surface area contributed by atoms with Crippen molar-refractivity contribution in [1.29, 1.82) is 0 Å². The van der Waals surface area contributed by atoms with Crippen molar-refractivity contribution in [2.75, 3.05) is 13.7 Å². The molecule has 0 N–H and O–H groups in total. The molecule has 2 rings (SSSR count). The van der Waals surface area contributed by atoms with Crippen LogP contribution in [0.3, 0.4) is 0 Å². The average Bonchev–Trinajstić information content (AvgIpc) is 2.40. The minimum Gasteiger partial charge on any atom is -0.497 e. The van der Waals surface area contributed by atoms with E-state index in [0.29, 0.717) is 12.5 Å². The number of hydrogen-bond acceptors (Lipinski definition) is 4. The number of nitrogens with zero attached hydrogens (tertiary/aromatic N) is 2. The number of methoxy groups -OCH3 is 1. The molecular formula is C14H16N2O2. The fourth-order valence-corrected chi connectivity index (χ4v) is 1.70. The Bertz CT molecular complexity index is 541. The first-order chi connectivity index (χ1) is 8.74. The van der Waals surface area contributed by atoms with Crippen LogP contribution in [-0.2, 0) is 0 Å². The molecule has 4 heteroatoms. The number of benzene rings is 1. The summed E-state index contributed by atoms with van der Waals surface area (Å²) in [6.45, 7) is 4.53. The number of aryl methyl sites for hydroxylation is 1. The summed E-state index contributed by atoms with van der Waals surface area (Å²) in [6.07, 6.45) is 3.34. The molecule has 0 aliphatic rings. The molecule has 0 saturated carbocycles. The van der Waals surface area contributed by atoms with Crippen LogP contribution in [0.2, 0.25) is 0 Å². The summed E-state index contributed by atoms with van der Waals surface area (Å²) in [7, 11) is 1.65. The van der Waals surface area contributed by atoms with Crippen molar-refractivity contribution in [3.8, 4) is 22.9 Å². The van der Waals surface area contributed by atoms with E-state index in [9.17, 15) is 0 Å². The molecule has 0 fully saturated rings. The number of aromatic nitrogens is 2. The molecule has 1 aromatic heterocycles. The molecule has 94 valence electrons. The number of hydrogen-bond donors (Lipinski definition) is 0. The molecule has 0 spiro atoms. The lowest BCUT2D eigenvalue weighted by Crippen LogP contribution is -1.97. The second-order valence-electron chi connectivity index (χ2n) is 3.86. The van der Waals surface area contributed by atoms with Gasteiger partial charge in [0.1, 0.15) is 5.75 Å². The number of rotatable bonds is 4. The molecule has 0 aliphatic heterocycles. The smallest absolute Gasteiger partial charge is 0.232 e. The van der Waals surface area contributed by atoms with Crippen LogP contribution in [0.1, 0.15) is 12.5 Å². The Labute approximate surface area is 107 Å². The summed E-state index contributed by atoms with van der Waals surface area (Å²) in [5.41, 5.74) is 2.92. The molecule has 2 aromatic rings. The van der Waals surface area contributed by atoms with Crippen LogP contribution in [0.5, 0.6) is 11.6 Å². The molecule has 18 heavy (non-hydrogen) atoms. The normalized spacial score (nSPS) is 10.2. The topological polar surface area (TPSA) is 44.2 Å². The fourth-order valence-electron chi connectivity index (χ4n) is 1.70. The van der Waals surface area contributed by atoms with Crippen LogP contribution < -0.4 is 9.47 Å². The predicted octanol–water partition coefficient (Wildman–Crippen LogP) is 2.86. The first-order valence-corrected chi connectivity index (χ1v) is 5.84. The molecule has 0 amide bonds. The Balaban J connectivity index is 2.44. The van der Waals surface area contributed by atoms with E-state index in [-0.39, 0.29) is 0 Å². The lowest BCUT2D eigenvalue weighted by atomic mass is 10.1. The first-order valence-electron chi connectivity index (χ1n) is 5.84. The quantitative estimate of drug-likeness (QED) is 0.829. The zero-order valence-electron chi connectivity index (χ0n) is 10.8. The van der Waals surface area contributed by atoms with Crippen LogP contribution in [-0.4, -0.2) is 23.7 Å². The van der Waals surface area contributed by atoms with Gasteiger partial charge in [0.15, 0.2) is 0 Å². The van der Waals surface area contributed by atoms with E-state index in [0.717, 1.165) is 22.6 Å². The molecule has 0 atom stereocenters. The highest BCUT2D eigenvalue weighted by molar-refractivity contribution is 5.65. The van der Waals surface area contributed by atoms with Gasteiger partial charge in [0.25, 0.3) is 0 Å². The molecule has 0 aliphatic carbocycles. The van der Waals surface area contributed by atoms with Gasteiger partial charge in [-0.2, -0.15) is 0 Å². The van der Waals surface area contributed by atoms with E-state index in [1.165, 1.54) is 0 Å². The van der Waals surface area contributed by atoms with Gasteiger partial charge in [-0.1, -0.05) is 6.07 Å². The summed E-state index contributed by atoms with van der Waals surface area (Å²) >= 11 is 0. The second-order valence-corrected chi connectivity index (χ2v) is 3.86. The maximum Gasteiger partial charge on any atom is 0.232 e. The van der Waals surface area contributed by atoms with Crippen molar-refractivity contribution in [2.45, 2.75) is 13.8 Å². The van der Waals surface area contributed by atoms with Crippen molar-refractivity contribution in [3.05, 3.63) is 36.2 Å². The fraction of sp³-hybridized carbons (Fsp3) is 0.286. The molecule has 0 saturated heterocycles. The van der Waals surface area contributed by atoms with E-state index in [4.69, 9.17) is 9.47 Å². The van der Waals surface area contributed by atoms with E-state index < -0.39 is 0 Å². The van der Waals surface area contributed by atoms with Crippen LogP contribution in [0, 0.1) is 6.92 Å². The Morgan fingerprint density at radius 1 is 1.22 bits per heavy atom. The van der Waals surface area contributed by atoms with Gasteiger partial charge in [-0.3, -0.25) is 4.98 Å². The van der Waals surface area contributed by atoms with Gasteiger partial charge < -0.3 is 9.47 Å². The second kappa shape index (κ2) is 5.49. The highest BCUT2D eigenvalue weighted by Gasteiger charge is 2.07. The van der Waals surface area contributed by atoms with Gasteiger partial charge in [-0.25, -0.2) is 4.98 Å². The molecule has 1 heterocycles. The maximum absolute atomic E-state index is 5.36. The third-order valence-corrected chi connectivity index (χ3v) is 2.63. The highest BCUT2D eigenvalue weighted by atomic mass is 16.5. The average molecular weight is 244 g/mol. The van der Waals surface area contributed by atoms with E-state index in [1.54, 1.807) is 19.5 Å². The van der Waals surface area contributed by atoms with Crippen LogP contribution in [0.4, 0.5) is 0 Å². The maximum atomic E-state index is 5.36. The van der Waals surface area contributed by atoms with Gasteiger partial charge in [0, 0.05) is 5.56 Å². The third-order valence-electron chi connectivity index (χ3n) is 2.63. The van der Waals surface area contributed by atoms with Crippen molar-refractivity contribution >= 4 is 0 Å². The Morgan fingerprint density at radius 2 is 2.06 bits per heavy atom. The van der Waals surface area contributed by atoms with Gasteiger partial charge in [-0.05, 0) is 31.5 Å². The predicted molar refractivity (Wildman–Crippen MR) is 69.9 cm³/mol. The van der Waals surface area contributed by atoms with Gasteiger partial charge >= 0.3 is 0 Å². The van der Waals surface area contributed by atoms with Crippen molar-refractivity contribution in [2.24, 2.45) is 0 Å². The minimum atomic E-state index is 0.539. The Hall–Kier alpha value is -2.10. The molecule has 0 unspecified atom stereocenters. The highest BCUT2D eigenvalue weighted by Crippen LogP contribution is 2.26. The summed E-state index contributed by atoms with van der Waals surface area (Å²) in [5, 5.41) is 0. The Morgan fingerprint density at radius 3 is 2.78 bits per heavy atom. The first kappa shape index (κ1) is 12.4. The van der Waals surface area contributed by atoms with E-state index >= 15 is 0 Å². The van der Waals surface area contributed by atoms with Gasteiger partial charge in [-0.15, -0.1) is 0 Å². The Kier molecular flexibility index (Phi) is 3.77. The van der Waals surface area contributed by atoms with Crippen molar-refractivity contribution in [1.82, 2.24) is 9.97 Å². The lowest BCUT2D eigenvalue weighted by Gasteiger charge is -2.09. The zero-order chi connectivity index (χ0) is 13.0. The summed E-state index contributed by atoms with van der Waals surface area (Å²) < 4.78 is 10.6. The monoisotopic (exact) mass is 244 g/mol. The van der Waals surface area contributed by atoms with E-state index in [2.05, 4.69) is 9.97 Å². The summed E-state index contributed by atoms with van der Waals surface area (Å²) in [6, 6.07) is 5.89. The molecule has 0 radical (unpaired) electrons. The number of ether oxygens (including phenoxy) is 2. The minimum absolute atomic E-state index is 0.539. The van der Waals surface area contributed by atoms with Crippen molar-refractivity contribution in [3.63, 3.8) is 0 Å². The van der Waals surface area contributed by atoms with Crippen LogP contribution in [0.15, 0.2) is 30.6 Å². The van der Waals surface area contributed by atoms with E-state index in [1.807, 2.05) is 32.0 Å². The largest absolute Gasteiger partial charge is 0.497 e. The molecule has 1 aromatic carbocycles. The molecule has 4 nitrogen and oxygen atoms in total. The summed E-state index contributed by atoms with van der Waals surface area (Å²) in [5.74, 6) is 1.34. The summed E-state index contributed by atoms with van der Waals surface area (Å²) in [4.78, 5) is 8.58. The lowest BCUT2D eigenvalue weighted by molar-refractivity contribution is 0.325. The van der Waals surface area contributed by atoms with Crippen molar-refractivity contribution < 1.29 is 9.47 Å². The zero-order valence-corrected chi connectivity index (χ0v) is 10.8. The van der Waals surface area contributed by atoms with Gasteiger partial charge in [0.05, 0.1) is 31.8 Å². The van der Waals surface area contributed by atoms with Crippen LogP contribution in [0.25, 0.3) is 11.3 Å². The molecular weight excluding hydrogens is 228 g/mol. The standard InChI is InChI=1S/C14H16N2O2/c1-4-18-14-9-15-8-13(16-14)12-7-11(17-3)6-5-10(12)2/h5-9H,4H2,1-3H3. The SMILES string of the molecule is CCOc1cncc(-c2cc(OC)ccc2C)n1. The van der Waals surface area contributed by atoms with Gasteiger partial charge in [0.2, 0.25) is 5.88 Å². The van der Waals surface area contributed by atoms with Crippen LogP contribution >= 0.6 is 0 Å². The third kappa shape index (κ3) is 2.59.